The van der Waals surface area contributed by atoms with Crippen molar-refractivity contribution in [2.24, 2.45) is 0 Å². The van der Waals surface area contributed by atoms with Gasteiger partial charge >= 0.3 is 6.03 Å². The number of para-hydroxylation sites is 2. The van der Waals surface area contributed by atoms with Crippen molar-refractivity contribution in [2.75, 3.05) is 11.9 Å². The Bertz CT molecular complexity index is 1680. The molecular weight excluding hydrogens is 505 g/mol. The van der Waals surface area contributed by atoms with E-state index >= 15 is 0 Å². The zero-order valence-corrected chi connectivity index (χ0v) is 20.7. The molecule has 0 aliphatic carbocycles. The number of benzene rings is 3. The highest BCUT2D eigenvalue weighted by Gasteiger charge is 2.35. The molecule has 0 saturated carbocycles. The van der Waals surface area contributed by atoms with Crippen LogP contribution in [0.3, 0.4) is 0 Å². The maximum absolute atomic E-state index is 13.9. The molecule has 1 fully saturated rings. The van der Waals surface area contributed by atoms with E-state index in [9.17, 15) is 28.9 Å². The molecule has 10 nitrogen and oxygen atoms in total. The molecule has 3 aromatic carbocycles. The van der Waals surface area contributed by atoms with Crippen molar-refractivity contribution in [3.63, 3.8) is 0 Å². The average molecular weight is 528 g/mol. The molecule has 0 atom stereocenters. The molecule has 196 valence electrons. The summed E-state index contributed by atoms with van der Waals surface area (Å²) in [6.45, 7) is 1.71. The number of nitro groups is 1. The molecule has 1 aliphatic heterocycles. The number of amides is 4. The smallest absolute Gasteiger partial charge is 0.329 e. The second kappa shape index (κ2) is 10.2. The van der Waals surface area contributed by atoms with Gasteiger partial charge in [-0.25, -0.2) is 14.1 Å². The highest BCUT2D eigenvalue weighted by Crippen LogP contribution is 2.30. The largest absolute Gasteiger partial charge is 0.340 e. The van der Waals surface area contributed by atoms with Gasteiger partial charge in [-0.1, -0.05) is 42.5 Å². The molecule has 0 spiro atoms. The number of non-ortho nitro benzene ring substituents is 1. The molecule has 2 N–H and O–H groups in total. The second-order valence-corrected chi connectivity index (χ2v) is 8.93. The van der Waals surface area contributed by atoms with E-state index in [2.05, 4.69) is 10.6 Å². The average Bonchev–Trinajstić information content (AvgIpc) is 3.33. The minimum Gasteiger partial charge on any atom is -0.340 e. The molecule has 5 rings (SSSR count). The molecule has 11 heteroatoms. The Kier molecular flexibility index (Phi) is 6.63. The monoisotopic (exact) mass is 527 g/mol. The maximum Gasteiger partial charge on any atom is 0.329 e. The predicted molar refractivity (Wildman–Crippen MR) is 142 cm³/mol. The van der Waals surface area contributed by atoms with Crippen LogP contribution < -0.4 is 10.6 Å². The standard InChI is InChI=1S/C28H22FN5O5/c1-17-21(20-6-2-5-9-25(20)32(17)15-18-10-12-19(13-11-18)34(38)39)14-24-27(36)33(28(37)31-24)16-26(35)30-23-8-4-3-7-22(23)29/h2-14H,15-16H2,1H3,(H,30,35)(H,31,37)/b24-14+. The lowest BCUT2D eigenvalue weighted by atomic mass is 10.1. The normalized spacial score (nSPS) is 14.2. The van der Waals surface area contributed by atoms with Crippen LogP contribution in [-0.2, 0) is 16.1 Å². The van der Waals surface area contributed by atoms with Crippen LogP contribution in [0, 0.1) is 22.9 Å². The number of hydrogen-bond acceptors (Lipinski definition) is 5. The molecule has 0 radical (unpaired) electrons. The number of rotatable bonds is 7. The first-order valence-electron chi connectivity index (χ1n) is 11.9. The van der Waals surface area contributed by atoms with Crippen LogP contribution in [0.5, 0.6) is 0 Å². The van der Waals surface area contributed by atoms with Gasteiger partial charge in [-0.3, -0.25) is 19.7 Å². The van der Waals surface area contributed by atoms with Gasteiger partial charge in [-0.15, -0.1) is 0 Å². The van der Waals surface area contributed by atoms with Gasteiger partial charge in [-0.2, -0.15) is 0 Å². The van der Waals surface area contributed by atoms with Crippen LogP contribution in [0.4, 0.5) is 20.6 Å². The van der Waals surface area contributed by atoms with E-state index in [1.807, 2.05) is 35.8 Å². The number of anilines is 1. The van der Waals surface area contributed by atoms with Gasteiger partial charge < -0.3 is 15.2 Å². The van der Waals surface area contributed by atoms with Gasteiger partial charge in [-0.05, 0) is 36.8 Å². The molecule has 1 aliphatic rings. The zero-order chi connectivity index (χ0) is 27.7. The van der Waals surface area contributed by atoms with Gasteiger partial charge in [0.15, 0.2) is 0 Å². The number of nitro benzene ring substituents is 1. The van der Waals surface area contributed by atoms with Gasteiger partial charge in [0.05, 0.1) is 10.6 Å². The summed E-state index contributed by atoms with van der Waals surface area (Å²) in [7, 11) is 0. The van der Waals surface area contributed by atoms with E-state index in [-0.39, 0.29) is 17.1 Å². The number of carbonyl (C=O) groups is 3. The summed E-state index contributed by atoms with van der Waals surface area (Å²) in [6, 6.07) is 18.6. The number of carbonyl (C=O) groups excluding carboxylic acids is 3. The van der Waals surface area contributed by atoms with Crippen LogP contribution in [0.2, 0.25) is 0 Å². The number of nitrogens with zero attached hydrogens (tertiary/aromatic N) is 3. The van der Waals surface area contributed by atoms with Crippen LogP contribution in [-0.4, -0.2) is 38.8 Å². The summed E-state index contributed by atoms with van der Waals surface area (Å²) >= 11 is 0. The molecule has 4 aromatic rings. The fourth-order valence-corrected chi connectivity index (χ4v) is 4.50. The quantitative estimate of drug-likeness (QED) is 0.158. The SMILES string of the molecule is Cc1c(/C=C2/NC(=O)N(CC(=O)Nc3ccccc3F)C2=O)c2ccccc2n1Cc1ccc([N+](=O)[O-])cc1. The van der Waals surface area contributed by atoms with Crippen molar-refractivity contribution in [1.82, 2.24) is 14.8 Å². The number of halogens is 1. The first kappa shape index (κ1) is 25.3. The Morgan fingerprint density at radius 1 is 1.05 bits per heavy atom. The van der Waals surface area contributed by atoms with Gasteiger partial charge in [0.1, 0.15) is 18.1 Å². The number of fused-ring (bicyclic) bond motifs is 1. The Hall–Kier alpha value is -5.32. The minimum absolute atomic E-state index is 0.0000284. The van der Waals surface area contributed by atoms with E-state index in [0.717, 1.165) is 27.1 Å². The van der Waals surface area contributed by atoms with Gasteiger partial charge in [0.25, 0.3) is 11.6 Å². The molecule has 39 heavy (non-hydrogen) atoms. The lowest BCUT2D eigenvalue weighted by Gasteiger charge is -2.12. The first-order valence-corrected chi connectivity index (χ1v) is 11.9. The summed E-state index contributed by atoms with van der Waals surface area (Å²) in [4.78, 5) is 49.3. The Morgan fingerprint density at radius 3 is 2.46 bits per heavy atom. The summed E-state index contributed by atoms with van der Waals surface area (Å²) in [5, 5.41) is 16.7. The van der Waals surface area contributed by atoms with E-state index in [1.165, 1.54) is 30.3 Å². The van der Waals surface area contributed by atoms with Crippen molar-refractivity contribution in [3.8, 4) is 0 Å². The number of urea groups is 1. The summed E-state index contributed by atoms with van der Waals surface area (Å²) < 4.78 is 15.9. The van der Waals surface area contributed by atoms with Crippen LogP contribution in [0.25, 0.3) is 17.0 Å². The molecule has 4 amide bonds. The Balaban J connectivity index is 1.41. The third kappa shape index (κ3) is 4.97. The lowest BCUT2D eigenvalue weighted by molar-refractivity contribution is -0.384. The number of nitrogens with one attached hydrogen (secondary N) is 2. The Labute approximate surface area is 221 Å². The molecule has 1 aromatic heterocycles. The zero-order valence-electron chi connectivity index (χ0n) is 20.7. The van der Waals surface area contributed by atoms with Crippen molar-refractivity contribution >= 4 is 46.2 Å². The van der Waals surface area contributed by atoms with Crippen LogP contribution in [0.1, 0.15) is 16.8 Å². The van der Waals surface area contributed by atoms with E-state index in [4.69, 9.17) is 0 Å². The fraction of sp³-hybridized carbons (Fsp3) is 0.107. The highest BCUT2D eigenvalue weighted by atomic mass is 19.1. The Morgan fingerprint density at radius 2 is 1.74 bits per heavy atom. The van der Waals surface area contributed by atoms with E-state index < -0.39 is 35.1 Å². The fourth-order valence-electron chi connectivity index (χ4n) is 4.50. The third-order valence-corrected chi connectivity index (χ3v) is 6.47. The van der Waals surface area contributed by atoms with Crippen LogP contribution in [0.15, 0.2) is 78.5 Å². The number of hydrogen-bond donors (Lipinski definition) is 2. The predicted octanol–water partition coefficient (Wildman–Crippen LogP) is 4.58. The first-order chi connectivity index (χ1) is 18.7. The number of aromatic nitrogens is 1. The van der Waals surface area contributed by atoms with Crippen molar-refractivity contribution in [2.45, 2.75) is 13.5 Å². The second-order valence-electron chi connectivity index (χ2n) is 8.93. The summed E-state index contributed by atoms with van der Waals surface area (Å²) in [5.74, 6) is -2.04. The molecule has 0 unspecified atom stereocenters. The molecule has 2 heterocycles. The topological polar surface area (TPSA) is 127 Å². The molecular formula is C28H22FN5O5. The third-order valence-electron chi connectivity index (χ3n) is 6.47. The summed E-state index contributed by atoms with van der Waals surface area (Å²) in [6.07, 6.45) is 1.57. The van der Waals surface area contributed by atoms with E-state index in [0.29, 0.717) is 12.1 Å². The number of imide groups is 1. The maximum atomic E-state index is 13.9. The van der Waals surface area contributed by atoms with Crippen LogP contribution >= 0.6 is 0 Å². The molecule has 0 bridgehead atoms. The van der Waals surface area contributed by atoms with Crippen molar-refractivity contribution in [1.29, 1.82) is 0 Å². The molecule has 1 saturated heterocycles. The van der Waals surface area contributed by atoms with Crippen molar-refractivity contribution in [3.05, 3.63) is 111 Å². The summed E-state index contributed by atoms with van der Waals surface area (Å²) in [5.41, 5.74) is 3.18. The highest BCUT2D eigenvalue weighted by molar-refractivity contribution is 6.16. The minimum atomic E-state index is -0.762. The van der Waals surface area contributed by atoms with E-state index in [1.54, 1.807) is 24.3 Å². The van der Waals surface area contributed by atoms with Crippen molar-refractivity contribution < 1.29 is 23.7 Å². The lowest BCUT2D eigenvalue weighted by Crippen LogP contribution is -2.38. The van der Waals surface area contributed by atoms with Gasteiger partial charge in [0.2, 0.25) is 5.91 Å². The van der Waals surface area contributed by atoms with Gasteiger partial charge in [0, 0.05) is 40.8 Å².